The predicted octanol–water partition coefficient (Wildman–Crippen LogP) is 3.32. The first-order valence-electron chi connectivity index (χ1n) is 12.1. The van der Waals surface area contributed by atoms with E-state index in [1.807, 2.05) is 0 Å². The Balaban J connectivity index is 1.31. The van der Waals surface area contributed by atoms with Gasteiger partial charge in [-0.05, 0) is 60.4 Å². The molecule has 11 nitrogen and oxygen atoms in total. The van der Waals surface area contributed by atoms with Gasteiger partial charge < -0.3 is 4.90 Å². The molecule has 3 amide bonds. The number of urea groups is 1. The van der Waals surface area contributed by atoms with Gasteiger partial charge in [0, 0.05) is 19.3 Å². The maximum Gasteiger partial charge on any atom is 0.501 e. The van der Waals surface area contributed by atoms with E-state index < -0.39 is 47.9 Å². The third kappa shape index (κ3) is 5.49. The molecule has 16 heteroatoms. The number of carbonyl (C=O) groups is 2. The number of alkyl halides is 3. The van der Waals surface area contributed by atoms with Gasteiger partial charge in [-0.3, -0.25) is 9.52 Å². The standard InChI is InChI=1S/C25H22F3N5O6S2/c26-25(27,28)40(36,37)20-8-6-19(7-9-20)33-22(34)24(11-12-24)32(23(33)35)16-18-10-13-29-21(14-18)31-41(38,39)30-15-17-4-2-1-3-5-17/h1-10,13-14,30H,11-12,15-16H2,(H,29,31). The number of amides is 3. The van der Waals surface area contributed by atoms with Crippen LogP contribution < -0.4 is 14.3 Å². The third-order valence-electron chi connectivity index (χ3n) is 6.69. The highest BCUT2D eigenvalue weighted by molar-refractivity contribution is 7.92. The van der Waals surface area contributed by atoms with Crippen LogP contribution in [0.15, 0.2) is 77.8 Å². The molecule has 2 aliphatic rings. The highest BCUT2D eigenvalue weighted by Crippen LogP contribution is 2.49. The first-order valence-corrected chi connectivity index (χ1v) is 15.0. The van der Waals surface area contributed by atoms with Crippen LogP contribution >= 0.6 is 0 Å². The summed E-state index contributed by atoms with van der Waals surface area (Å²) in [6.45, 7) is -0.0436. The smallest absolute Gasteiger partial charge is 0.305 e. The quantitative estimate of drug-likeness (QED) is 0.354. The number of imide groups is 1. The van der Waals surface area contributed by atoms with Crippen molar-refractivity contribution in [3.8, 4) is 0 Å². The molecule has 1 spiro atoms. The van der Waals surface area contributed by atoms with Gasteiger partial charge in [0.25, 0.3) is 15.7 Å². The second kappa shape index (κ2) is 10.1. The molecule has 0 unspecified atom stereocenters. The molecule has 0 radical (unpaired) electrons. The van der Waals surface area contributed by atoms with E-state index in [1.165, 1.54) is 17.2 Å². The maximum absolute atomic E-state index is 13.3. The lowest BCUT2D eigenvalue weighted by molar-refractivity contribution is -0.120. The number of aromatic nitrogens is 1. The SMILES string of the molecule is O=C1N(c2ccc(S(=O)(=O)C(F)(F)F)cc2)C(=O)C2(CC2)N1Cc1ccnc(NS(=O)(=O)NCc2ccccc2)c1. The summed E-state index contributed by atoms with van der Waals surface area (Å²) in [4.78, 5) is 31.7. The Morgan fingerprint density at radius 3 is 2.17 bits per heavy atom. The van der Waals surface area contributed by atoms with Crippen LogP contribution in [0.4, 0.5) is 29.5 Å². The number of anilines is 2. The molecule has 1 saturated carbocycles. The van der Waals surface area contributed by atoms with Gasteiger partial charge in [0.1, 0.15) is 11.4 Å². The predicted molar refractivity (Wildman–Crippen MR) is 140 cm³/mol. The number of benzene rings is 2. The first-order chi connectivity index (χ1) is 19.2. The van der Waals surface area contributed by atoms with Crippen molar-refractivity contribution in [2.24, 2.45) is 0 Å². The van der Waals surface area contributed by atoms with Gasteiger partial charge in [0.2, 0.25) is 0 Å². The molecule has 2 N–H and O–H groups in total. The lowest BCUT2D eigenvalue weighted by atomic mass is 10.2. The molecule has 1 aliphatic carbocycles. The summed E-state index contributed by atoms with van der Waals surface area (Å²) in [5.41, 5.74) is -5.54. The number of rotatable bonds is 9. The monoisotopic (exact) mass is 609 g/mol. The molecule has 1 aromatic heterocycles. The summed E-state index contributed by atoms with van der Waals surface area (Å²) < 4.78 is 91.7. The van der Waals surface area contributed by atoms with Gasteiger partial charge in [-0.25, -0.2) is 23.1 Å². The molecule has 216 valence electrons. The van der Waals surface area contributed by atoms with Gasteiger partial charge in [0.05, 0.1) is 10.6 Å². The molecule has 2 heterocycles. The van der Waals surface area contributed by atoms with Crippen molar-refractivity contribution >= 4 is 43.5 Å². The van der Waals surface area contributed by atoms with E-state index in [9.17, 15) is 39.6 Å². The number of nitrogens with zero attached hydrogens (tertiary/aromatic N) is 3. The van der Waals surface area contributed by atoms with Crippen LogP contribution in [0.25, 0.3) is 0 Å². The molecule has 3 aromatic rings. The highest BCUT2D eigenvalue weighted by Gasteiger charge is 2.65. The second-order valence-electron chi connectivity index (χ2n) is 9.45. The number of halogens is 3. The van der Waals surface area contributed by atoms with Gasteiger partial charge >= 0.3 is 21.7 Å². The Morgan fingerprint density at radius 2 is 1.56 bits per heavy atom. The molecule has 41 heavy (non-hydrogen) atoms. The largest absolute Gasteiger partial charge is 0.501 e. The molecule has 2 fully saturated rings. The Kier molecular flexibility index (Phi) is 7.03. The van der Waals surface area contributed by atoms with Crippen molar-refractivity contribution in [1.29, 1.82) is 0 Å². The minimum Gasteiger partial charge on any atom is -0.305 e. The third-order valence-corrected chi connectivity index (χ3v) is 9.19. The summed E-state index contributed by atoms with van der Waals surface area (Å²) in [7, 11) is -9.59. The summed E-state index contributed by atoms with van der Waals surface area (Å²) in [5.74, 6) is -0.613. The van der Waals surface area contributed by atoms with Crippen molar-refractivity contribution in [3.05, 3.63) is 84.1 Å². The minimum absolute atomic E-state index is 0.0239. The number of pyridine rings is 1. The minimum atomic E-state index is -5.60. The number of carbonyl (C=O) groups excluding carboxylic acids is 2. The fraction of sp³-hybridized carbons (Fsp3) is 0.240. The van der Waals surface area contributed by atoms with Crippen molar-refractivity contribution in [3.63, 3.8) is 0 Å². The molecular formula is C25H22F3N5O6S2. The zero-order chi connectivity index (χ0) is 29.6. The van der Waals surface area contributed by atoms with Crippen LogP contribution in [-0.2, 0) is 37.9 Å². The molecule has 2 aromatic carbocycles. The van der Waals surface area contributed by atoms with E-state index in [0.717, 1.165) is 22.6 Å². The van der Waals surface area contributed by atoms with Gasteiger partial charge in [0.15, 0.2) is 0 Å². The zero-order valence-electron chi connectivity index (χ0n) is 21.0. The van der Waals surface area contributed by atoms with Gasteiger partial charge in [-0.15, -0.1) is 0 Å². The highest BCUT2D eigenvalue weighted by atomic mass is 32.2. The maximum atomic E-state index is 13.3. The summed E-state index contributed by atoms with van der Waals surface area (Å²) in [5, 5.41) is 0. The second-order valence-corrected chi connectivity index (χ2v) is 12.9. The fourth-order valence-corrected chi connectivity index (χ4v) is 6.01. The van der Waals surface area contributed by atoms with Gasteiger partial charge in [-0.1, -0.05) is 30.3 Å². The Hall–Kier alpha value is -4.02. The van der Waals surface area contributed by atoms with E-state index in [1.54, 1.807) is 36.4 Å². The Morgan fingerprint density at radius 1 is 0.902 bits per heavy atom. The van der Waals surface area contributed by atoms with Crippen LogP contribution in [0.5, 0.6) is 0 Å². The Labute approximate surface area is 233 Å². The topological polar surface area (TPSA) is 146 Å². The zero-order valence-corrected chi connectivity index (χ0v) is 22.6. The van der Waals surface area contributed by atoms with Crippen molar-refractivity contribution in [2.45, 2.75) is 41.9 Å². The van der Waals surface area contributed by atoms with E-state index >= 15 is 0 Å². The molecule has 1 saturated heterocycles. The number of sulfone groups is 1. The van der Waals surface area contributed by atoms with Crippen LogP contribution in [-0.4, -0.2) is 49.7 Å². The fourth-order valence-electron chi connectivity index (χ4n) is 4.43. The summed E-state index contributed by atoms with van der Waals surface area (Å²) in [6, 6.07) is 14.4. The van der Waals surface area contributed by atoms with Crippen LogP contribution in [0, 0.1) is 0 Å². The normalized spacial score (nSPS) is 16.9. The lowest BCUT2D eigenvalue weighted by Crippen LogP contribution is -2.36. The first kappa shape index (κ1) is 28.5. The van der Waals surface area contributed by atoms with E-state index in [4.69, 9.17) is 0 Å². The van der Waals surface area contributed by atoms with Crippen LogP contribution in [0.3, 0.4) is 0 Å². The average Bonchev–Trinajstić information content (AvgIpc) is 3.69. The van der Waals surface area contributed by atoms with E-state index in [-0.39, 0.29) is 24.6 Å². The molecule has 0 atom stereocenters. The lowest BCUT2D eigenvalue weighted by Gasteiger charge is -2.21. The van der Waals surface area contributed by atoms with Gasteiger partial charge in [-0.2, -0.15) is 26.3 Å². The molecule has 1 aliphatic heterocycles. The van der Waals surface area contributed by atoms with Crippen LogP contribution in [0.1, 0.15) is 24.0 Å². The number of nitrogens with one attached hydrogen (secondary N) is 2. The molecule has 0 bridgehead atoms. The van der Waals surface area contributed by atoms with Crippen molar-refractivity contribution in [2.75, 3.05) is 9.62 Å². The molecule has 5 rings (SSSR count). The molecular weight excluding hydrogens is 587 g/mol. The summed E-state index contributed by atoms with van der Waals surface area (Å²) in [6.07, 6.45) is 2.04. The van der Waals surface area contributed by atoms with Crippen molar-refractivity contribution in [1.82, 2.24) is 14.6 Å². The number of hydrogen-bond acceptors (Lipinski definition) is 7. The van der Waals surface area contributed by atoms with E-state index in [2.05, 4.69) is 14.4 Å². The Bertz CT molecular complexity index is 1710. The average molecular weight is 610 g/mol. The summed E-state index contributed by atoms with van der Waals surface area (Å²) >= 11 is 0. The van der Waals surface area contributed by atoms with Crippen molar-refractivity contribution < 1.29 is 39.6 Å². The number of hydrogen-bond donors (Lipinski definition) is 2. The van der Waals surface area contributed by atoms with E-state index in [0.29, 0.717) is 30.5 Å². The van der Waals surface area contributed by atoms with Crippen LogP contribution in [0.2, 0.25) is 0 Å².